The van der Waals surface area contributed by atoms with Crippen molar-refractivity contribution >= 4 is 29.3 Å². The summed E-state index contributed by atoms with van der Waals surface area (Å²) in [5.74, 6) is 5.02. The largest absolute Gasteiger partial charge is 0.294 e. The number of nitrogens with one attached hydrogen (secondary N) is 1. The summed E-state index contributed by atoms with van der Waals surface area (Å²) in [6, 6.07) is 5.71. The number of thioether (sulfide) groups is 1. The zero-order valence-corrected chi connectivity index (χ0v) is 9.28. The van der Waals surface area contributed by atoms with Gasteiger partial charge in [0.2, 0.25) is 5.91 Å². The van der Waals surface area contributed by atoms with E-state index in [0.29, 0.717) is 5.02 Å². The molecule has 0 radical (unpaired) electrons. The zero-order chi connectivity index (χ0) is 10.6. The van der Waals surface area contributed by atoms with Crippen molar-refractivity contribution < 1.29 is 4.79 Å². The van der Waals surface area contributed by atoms with Crippen molar-refractivity contribution in [2.24, 2.45) is 5.84 Å². The molecule has 5 heteroatoms. The van der Waals surface area contributed by atoms with Crippen molar-refractivity contribution in [1.29, 1.82) is 0 Å². The number of carbonyl (C=O) groups is 1. The number of hydrogen-bond donors (Lipinski definition) is 2. The monoisotopic (exact) mass is 230 g/mol. The van der Waals surface area contributed by atoms with Crippen molar-refractivity contribution in [3.63, 3.8) is 0 Å². The second-order valence-electron chi connectivity index (χ2n) is 2.74. The molecule has 0 saturated carbocycles. The van der Waals surface area contributed by atoms with Crippen molar-refractivity contribution in [1.82, 2.24) is 5.43 Å². The Balaban J connectivity index is 2.68. The van der Waals surface area contributed by atoms with Gasteiger partial charge in [0.25, 0.3) is 0 Å². The Morgan fingerprint density at radius 3 is 3.00 bits per heavy atom. The quantitative estimate of drug-likeness (QED) is 0.360. The molecule has 0 aliphatic heterocycles. The maximum absolute atomic E-state index is 10.9. The number of amides is 1. The van der Waals surface area contributed by atoms with Gasteiger partial charge in [-0.3, -0.25) is 10.2 Å². The first-order valence-electron chi connectivity index (χ1n) is 4.02. The lowest BCUT2D eigenvalue weighted by atomic mass is 10.2. The molecule has 14 heavy (non-hydrogen) atoms. The van der Waals surface area contributed by atoms with Crippen LogP contribution in [0.3, 0.4) is 0 Å². The molecule has 0 heterocycles. The van der Waals surface area contributed by atoms with Gasteiger partial charge in [0.1, 0.15) is 0 Å². The smallest absolute Gasteiger partial charge is 0.244 e. The normalized spacial score (nSPS) is 9.93. The summed E-state index contributed by atoms with van der Waals surface area (Å²) < 4.78 is 0. The average molecular weight is 231 g/mol. The molecular weight excluding hydrogens is 220 g/mol. The molecule has 0 spiro atoms. The van der Waals surface area contributed by atoms with Crippen molar-refractivity contribution in [3.05, 3.63) is 28.8 Å². The number of hydrogen-bond acceptors (Lipinski definition) is 3. The molecule has 1 amide bonds. The number of carbonyl (C=O) groups excluding carboxylic acids is 1. The third-order valence-electron chi connectivity index (χ3n) is 1.68. The number of hydrazine groups is 1. The Hall–Kier alpha value is -0.710. The third-order valence-corrected chi connectivity index (χ3v) is 3.35. The molecule has 1 aromatic carbocycles. The van der Waals surface area contributed by atoms with Crippen LogP contribution in [-0.4, -0.2) is 11.7 Å². The van der Waals surface area contributed by atoms with Crippen LogP contribution in [0.5, 0.6) is 0 Å². The Labute approximate surface area is 92.0 Å². The van der Waals surface area contributed by atoms with E-state index in [9.17, 15) is 4.79 Å². The Kier molecular flexibility index (Phi) is 4.25. The fraction of sp³-hybridized carbons (Fsp3) is 0.222. The molecule has 3 nitrogen and oxygen atoms in total. The topological polar surface area (TPSA) is 55.1 Å². The Morgan fingerprint density at radius 1 is 1.64 bits per heavy atom. The fourth-order valence-corrected chi connectivity index (χ4v) is 2.04. The van der Waals surface area contributed by atoms with Crippen LogP contribution < -0.4 is 11.3 Å². The van der Waals surface area contributed by atoms with E-state index in [4.69, 9.17) is 17.4 Å². The van der Waals surface area contributed by atoms with Gasteiger partial charge in [0.15, 0.2) is 0 Å². The number of aryl methyl sites for hydroxylation is 1. The van der Waals surface area contributed by atoms with Crippen LogP contribution in [0.2, 0.25) is 5.02 Å². The lowest BCUT2D eigenvalue weighted by Crippen LogP contribution is -2.31. The van der Waals surface area contributed by atoms with E-state index < -0.39 is 0 Å². The van der Waals surface area contributed by atoms with Gasteiger partial charge in [0.05, 0.1) is 10.8 Å². The SMILES string of the molecule is Cc1cccc(SCC(=O)NN)c1Cl. The minimum absolute atomic E-state index is 0.215. The first kappa shape index (κ1) is 11.4. The average Bonchev–Trinajstić information content (AvgIpc) is 2.20. The second-order valence-corrected chi connectivity index (χ2v) is 4.14. The van der Waals surface area contributed by atoms with Gasteiger partial charge in [-0.2, -0.15) is 0 Å². The van der Waals surface area contributed by atoms with Crippen molar-refractivity contribution in [3.8, 4) is 0 Å². The van der Waals surface area contributed by atoms with Crippen LogP contribution in [0.15, 0.2) is 23.1 Å². The van der Waals surface area contributed by atoms with Crippen molar-refractivity contribution in [2.75, 3.05) is 5.75 Å². The number of benzene rings is 1. The van der Waals surface area contributed by atoms with Gasteiger partial charge >= 0.3 is 0 Å². The van der Waals surface area contributed by atoms with E-state index in [1.807, 2.05) is 25.1 Å². The molecule has 0 unspecified atom stereocenters. The fourth-order valence-electron chi connectivity index (χ4n) is 0.917. The standard InChI is InChI=1S/C9H11ClN2OS/c1-6-3-2-4-7(9(6)10)14-5-8(13)12-11/h2-4H,5,11H2,1H3,(H,12,13). The second kappa shape index (κ2) is 5.24. The summed E-state index contributed by atoms with van der Waals surface area (Å²) in [7, 11) is 0. The zero-order valence-electron chi connectivity index (χ0n) is 7.71. The van der Waals surface area contributed by atoms with Gasteiger partial charge in [0, 0.05) is 4.90 Å². The van der Waals surface area contributed by atoms with Gasteiger partial charge in [-0.15, -0.1) is 11.8 Å². The summed E-state index contributed by atoms with van der Waals surface area (Å²) in [5, 5.41) is 0.697. The molecule has 1 aromatic rings. The molecule has 76 valence electrons. The molecule has 3 N–H and O–H groups in total. The summed E-state index contributed by atoms with van der Waals surface area (Å²) in [4.78, 5) is 11.8. The highest BCUT2D eigenvalue weighted by Gasteiger charge is 2.05. The summed E-state index contributed by atoms with van der Waals surface area (Å²) in [5.41, 5.74) is 3.07. The molecular formula is C9H11ClN2OS. The van der Waals surface area contributed by atoms with Crippen LogP contribution in [0.25, 0.3) is 0 Å². The molecule has 1 rings (SSSR count). The van der Waals surface area contributed by atoms with Crippen LogP contribution in [0.4, 0.5) is 0 Å². The van der Waals surface area contributed by atoms with Gasteiger partial charge in [-0.05, 0) is 18.6 Å². The highest BCUT2D eigenvalue weighted by atomic mass is 35.5. The highest BCUT2D eigenvalue weighted by molar-refractivity contribution is 8.00. The van der Waals surface area contributed by atoms with E-state index in [2.05, 4.69) is 5.43 Å². The first-order chi connectivity index (χ1) is 6.65. The Morgan fingerprint density at radius 2 is 2.36 bits per heavy atom. The van der Waals surface area contributed by atoms with Gasteiger partial charge < -0.3 is 0 Å². The van der Waals surface area contributed by atoms with Crippen LogP contribution in [-0.2, 0) is 4.79 Å². The number of nitrogens with two attached hydrogens (primary N) is 1. The maximum Gasteiger partial charge on any atom is 0.244 e. The number of halogens is 1. The molecule has 0 aliphatic carbocycles. The molecule has 0 aromatic heterocycles. The van der Waals surface area contributed by atoms with E-state index in [1.54, 1.807) is 0 Å². The van der Waals surface area contributed by atoms with E-state index in [1.165, 1.54) is 11.8 Å². The molecule has 0 fully saturated rings. The predicted octanol–water partition coefficient (Wildman–Crippen LogP) is 1.73. The maximum atomic E-state index is 10.9. The van der Waals surface area contributed by atoms with E-state index in [0.717, 1.165) is 10.5 Å². The molecule has 0 saturated heterocycles. The number of rotatable bonds is 3. The first-order valence-corrected chi connectivity index (χ1v) is 5.39. The van der Waals surface area contributed by atoms with Crippen LogP contribution in [0.1, 0.15) is 5.56 Å². The molecule has 0 atom stereocenters. The van der Waals surface area contributed by atoms with Crippen LogP contribution >= 0.6 is 23.4 Å². The van der Waals surface area contributed by atoms with Gasteiger partial charge in [-0.25, -0.2) is 5.84 Å². The summed E-state index contributed by atoms with van der Waals surface area (Å²) >= 11 is 7.41. The minimum atomic E-state index is -0.215. The van der Waals surface area contributed by atoms with Crippen molar-refractivity contribution in [2.45, 2.75) is 11.8 Å². The van der Waals surface area contributed by atoms with E-state index >= 15 is 0 Å². The minimum Gasteiger partial charge on any atom is -0.294 e. The van der Waals surface area contributed by atoms with E-state index in [-0.39, 0.29) is 11.7 Å². The summed E-state index contributed by atoms with van der Waals surface area (Å²) in [6.45, 7) is 1.93. The predicted molar refractivity (Wildman–Crippen MR) is 59.2 cm³/mol. The molecule has 0 aliphatic rings. The third kappa shape index (κ3) is 2.90. The summed E-state index contributed by atoms with van der Waals surface area (Å²) in [6.07, 6.45) is 0. The Bertz CT molecular complexity index is 344. The molecule has 0 bridgehead atoms. The van der Waals surface area contributed by atoms with Crippen LogP contribution in [0, 0.1) is 6.92 Å². The highest BCUT2D eigenvalue weighted by Crippen LogP contribution is 2.29. The lowest BCUT2D eigenvalue weighted by Gasteiger charge is -2.05. The lowest BCUT2D eigenvalue weighted by molar-refractivity contribution is -0.118. The van der Waals surface area contributed by atoms with Gasteiger partial charge in [-0.1, -0.05) is 23.7 Å².